The molecule has 0 atom stereocenters. The summed E-state index contributed by atoms with van der Waals surface area (Å²) in [6, 6.07) is 8.09. The van der Waals surface area contributed by atoms with E-state index in [1.54, 1.807) is 30.4 Å². The summed E-state index contributed by atoms with van der Waals surface area (Å²) < 4.78 is 6.71. The maximum Gasteiger partial charge on any atom is 0.232 e. The maximum absolute atomic E-state index is 12.1. The number of methoxy groups -OCH3 is 1. The maximum atomic E-state index is 12.1. The lowest BCUT2D eigenvalue weighted by molar-refractivity contribution is 0.0842. The predicted octanol–water partition coefficient (Wildman–Crippen LogP) is 3.58. The zero-order valence-corrected chi connectivity index (χ0v) is 12.9. The van der Waals surface area contributed by atoms with Gasteiger partial charge in [-0.05, 0) is 36.0 Å². The van der Waals surface area contributed by atoms with Crippen molar-refractivity contribution in [2.75, 3.05) is 7.11 Å². The first-order valence-electron chi connectivity index (χ1n) is 7.14. The Morgan fingerprint density at radius 2 is 2.00 bits per heavy atom. The molecule has 1 aromatic carbocycles. The monoisotopic (exact) mass is 286 g/mol. The van der Waals surface area contributed by atoms with Gasteiger partial charge in [-0.1, -0.05) is 26.0 Å². The van der Waals surface area contributed by atoms with E-state index in [9.17, 15) is 4.79 Å². The van der Waals surface area contributed by atoms with Gasteiger partial charge in [0.2, 0.25) is 5.91 Å². The Kier molecular flexibility index (Phi) is 4.78. The fourth-order valence-electron chi connectivity index (χ4n) is 2.27. The number of ether oxygens (including phenoxy) is 1. The first-order valence-corrected chi connectivity index (χ1v) is 7.14. The second kappa shape index (κ2) is 6.57. The number of rotatable bonds is 6. The van der Waals surface area contributed by atoms with E-state index in [0.717, 1.165) is 18.6 Å². The first kappa shape index (κ1) is 15.3. The van der Waals surface area contributed by atoms with Crippen LogP contribution in [0.1, 0.15) is 37.0 Å². The minimum Gasteiger partial charge on any atom is -0.497 e. The molecule has 0 aliphatic carbocycles. The third kappa shape index (κ3) is 4.45. The molecule has 2 aromatic rings. The largest absolute Gasteiger partial charge is 0.497 e. The second-order valence-electron chi connectivity index (χ2n) is 6.05. The molecule has 0 N–H and O–H groups in total. The highest BCUT2D eigenvalue weighted by Gasteiger charge is 2.22. The molecule has 4 heteroatoms. The van der Waals surface area contributed by atoms with Gasteiger partial charge in [0, 0.05) is 18.8 Å². The minimum absolute atomic E-state index is 0.0404. The van der Waals surface area contributed by atoms with Gasteiger partial charge in [0.25, 0.3) is 0 Å². The first-order chi connectivity index (χ1) is 10.00. The minimum atomic E-state index is -0.0404. The van der Waals surface area contributed by atoms with E-state index in [2.05, 4.69) is 31.0 Å². The number of hydrogen-bond donors (Lipinski definition) is 0. The Morgan fingerprint density at radius 1 is 1.29 bits per heavy atom. The molecule has 4 nitrogen and oxygen atoms in total. The average molecular weight is 286 g/mol. The highest BCUT2D eigenvalue weighted by Crippen LogP contribution is 2.28. The van der Waals surface area contributed by atoms with Gasteiger partial charge in [0.15, 0.2) is 0 Å². The molecular formula is C17H22N2O2. The molecule has 1 heterocycles. The van der Waals surface area contributed by atoms with E-state index in [0.29, 0.717) is 6.42 Å². The van der Waals surface area contributed by atoms with E-state index in [1.165, 1.54) is 5.56 Å². The van der Waals surface area contributed by atoms with Crippen LogP contribution in [0.2, 0.25) is 0 Å². The van der Waals surface area contributed by atoms with Crippen molar-refractivity contribution in [3.8, 4) is 5.75 Å². The van der Waals surface area contributed by atoms with Crippen molar-refractivity contribution in [1.29, 1.82) is 0 Å². The number of carbonyl (C=O) groups excluding carboxylic acids is 1. The Labute approximate surface area is 125 Å². The molecule has 1 aromatic heterocycles. The summed E-state index contributed by atoms with van der Waals surface area (Å²) in [6.07, 6.45) is 7.31. The molecule has 0 radical (unpaired) electrons. The highest BCUT2D eigenvalue weighted by atomic mass is 16.5. The lowest BCUT2D eigenvalue weighted by atomic mass is 9.83. The Morgan fingerprint density at radius 3 is 2.57 bits per heavy atom. The topological polar surface area (TPSA) is 44.1 Å². The van der Waals surface area contributed by atoms with Crippen LogP contribution in [0.3, 0.4) is 0 Å². The number of nitrogens with zero attached hydrogens (tertiary/aromatic N) is 2. The summed E-state index contributed by atoms with van der Waals surface area (Å²) in [5.74, 6) is 0.959. The molecule has 2 rings (SSSR count). The summed E-state index contributed by atoms with van der Waals surface area (Å²) in [7, 11) is 1.67. The molecule has 0 amide bonds. The van der Waals surface area contributed by atoms with Crippen LogP contribution in [0.25, 0.3) is 0 Å². The molecule has 0 fully saturated rings. The number of aromatic nitrogens is 2. The normalized spacial score (nSPS) is 11.4. The van der Waals surface area contributed by atoms with Crippen LogP contribution in [0.5, 0.6) is 5.75 Å². The van der Waals surface area contributed by atoms with Gasteiger partial charge in [0.05, 0.1) is 7.11 Å². The van der Waals surface area contributed by atoms with Gasteiger partial charge in [-0.3, -0.25) is 9.36 Å². The Bertz CT molecular complexity index is 571. The number of benzene rings is 1. The summed E-state index contributed by atoms with van der Waals surface area (Å²) in [4.78, 5) is 16.0. The lowest BCUT2D eigenvalue weighted by Gasteiger charge is -2.23. The van der Waals surface area contributed by atoms with Crippen LogP contribution in [-0.4, -0.2) is 22.6 Å². The Hall–Kier alpha value is -2.10. The third-order valence-corrected chi connectivity index (χ3v) is 3.67. The number of carbonyl (C=O) groups is 1. The zero-order chi connectivity index (χ0) is 15.3. The number of imidazole rings is 1. The van der Waals surface area contributed by atoms with Crippen molar-refractivity contribution in [3.63, 3.8) is 0 Å². The van der Waals surface area contributed by atoms with Crippen LogP contribution >= 0.6 is 0 Å². The summed E-state index contributed by atoms with van der Waals surface area (Å²) in [6.45, 7) is 4.26. The second-order valence-corrected chi connectivity index (χ2v) is 6.05. The lowest BCUT2D eigenvalue weighted by Crippen LogP contribution is -2.21. The van der Waals surface area contributed by atoms with Crippen molar-refractivity contribution in [1.82, 2.24) is 9.55 Å². The van der Waals surface area contributed by atoms with Crippen LogP contribution in [0.15, 0.2) is 43.0 Å². The fraction of sp³-hybridized carbons (Fsp3) is 0.412. The SMILES string of the molecule is COc1ccc(CCC(C)(C)CC(=O)n2ccnc2)cc1. The van der Waals surface area contributed by atoms with Crippen LogP contribution < -0.4 is 4.74 Å². The molecule has 0 aliphatic rings. The number of hydrogen-bond acceptors (Lipinski definition) is 3. The van der Waals surface area contributed by atoms with Crippen molar-refractivity contribution in [2.24, 2.45) is 5.41 Å². The van der Waals surface area contributed by atoms with Crippen molar-refractivity contribution in [3.05, 3.63) is 48.5 Å². The molecule has 0 spiro atoms. The molecule has 0 saturated carbocycles. The average Bonchev–Trinajstić information content (AvgIpc) is 3.00. The van der Waals surface area contributed by atoms with Gasteiger partial charge in [-0.2, -0.15) is 0 Å². The zero-order valence-electron chi connectivity index (χ0n) is 12.9. The summed E-state index contributed by atoms with van der Waals surface area (Å²) >= 11 is 0. The highest BCUT2D eigenvalue weighted by molar-refractivity contribution is 5.79. The number of aryl methyl sites for hydroxylation is 1. The van der Waals surface area contributed by atoms with Crippen molar-refractivity contribution < 1.29 is 9.53 Å². The van der Waals surface area contributed by atoms with E-state index >= 15 is 0 Å². The van der Waals surface area contributed by atoms with Crippen LogP contribution in [0, 0.1) is 5.41 Å². The van der Waals surface area contributed by atoms with E-state index < -0.39 is 0 Å². The van der Waals surface area contributed by atoms with Crippen LogP contribution in [-0.2, 0) is 6.42 Å². The molecule has 0 saturated heterocycles. The molecule has 0 bridgehead atoms. The van der Waals surface area contributed by atoms with E-state index in [-0.39, 0.29) is 11.3 Å². The molecule has 0 unspecified atom stereocenters. The van der Waals surface area contributed by atoms with Crippen molar-refractivity contribution in [2.45, 2.75) is 33.1 Å². The van der Waals surface area contributed by atoms with E-state index in [1.807, 2.05) is 12.1 Å². The standard InChI is InChI=1S/C17H22N2O2/c1-17(2,12-16(20)19-11-10-18-13-19)9-8-14-4-6-15(21-3)7-5-14/h4-7,10-11,13H,8-9,12H2,1-3H3. The molecule has 0 aliphatic heterocycles. The van der Waals surface area contributed by atoms with E-state index in [4.69, 9.17) is 4.74 Å². The van der Waals surface area contributed by atoms with Crippen LogP contribution in [0.4, 0.5) is 0 Å². The van der Waals surface area contributed by atoms with Gasteiger partial charge in [0.1, 0.15) is 12.1 Å². The fourth-order valence-corrected chi connectivity index (χ4v) is 2.27. The Balaban J connectivity index is 1.89. The van der Waals surface area contributed by atoms with Gasteiger partial charge < -0.3 is 4.74 Å². The van der Waals surface area contributed by atoms with Gasteiger partial charge >= 0.3 is 0 Å². The molecule has 21 heavy (non-hydrogen) atoms. The predicted molar refractivity (Wildman–Crippen MR) is 82.6 cm³/mol. The summed E-state index contributed by atoms with van der Waals surface area (Å²) in [5, 5.41) is 0. The van der Waals surface area contributed by atoms with Gasteiger partial charge in [-0.15, -0.1) is 0 Å². The van der Waals surface area contributed by atoms with Gasteiger partial charge in [-0.25, -0.2) is 4.98 Å². The van der Waals surface area contributed by atoms with Crippen molar-refractivity contribution >= 4 is 5.91 Å². The summed E-state index contributed by atoms with van der Waals surface area (Å²) in [5.41, 5.74) is 1.22. The smallest absolute Gasteiger partial charge is 0.232 e. The third-order valence-electron chi connectivity index (χ3n) is 3.67. The molecular weight excluding hydrogens is 264 g/mol. The quantitative estimate of drug-likeness (QED) is 0.815. The molecule has 112 valence electrons.